The van der Waals surface area contributed by atoms with E-state index < -0.39 is 5.25 Å². The van der Waals surface area contributed by atoms with Crippen molar-refractivity contribution in [1.82, 2.24) is 4.90 Å². The summed E-state index contributed by atoms with van der Waals surface area (Å²) in [5.41, 5.74) is 1.38. The molecular weight excluding hydrogens is 398 g/mol. The average molecular weight is 426 g/mol. The maximum absolute atomic E-state index is 13.2. The van der Waals surface area contributed by atoms with Gasteiger partial charge in [0.1, 0.15) is 16.7 Å². The van der Waals surface area contributed by atoms with E-state index in [1.165, 1.54) is 11.8 Å². The SMILES string of the molecule is CCCC(C)N1C(=O)C(CC(=O)Nc2ccccc2)SC1=Nc1ccccc1OC. The zero-order chi connectivity index (χ0) is 21.5. The first-order valence-electron chi connectivity index (χ1n) is 10.1. The van der Waals surface area contributed by atoms with Gasteiger partial charge in [0, 0.05) is 18.2 Å². The first-order chi connectivity index (χ1) is 14.5. The van der Waals surface area contributed by atoms with Crippen molar-refractivity contribution in [2.24, 2.45) is 4.99 Å². The topological polar surface area (TPSA) is 71.0 Å². The van der Waals surface area contributed by atoms with Crippen LogP contribution in [-0.2, 0) is 9.59 Å². The van der Waals surface area contributed by atoms with Gasteiger partial charge in [-0.2, -0.15) is 0 Å². The van der Waals surface area contributed by atoms with E-state index in [4.69, 9.17) is 9.73 Å². The fourth-order valence-corrected chi connectivity index (χ4v) is 4.61. The second-order valence-corrected chi connectivity index (χ2v) is 8.31. The molecule has 2 aromatic rings. The zero-order valence-electron chi connectivity index (χ0n) is 17.5. The van der Waals surface area contributed by atoms with Crippen LogP contribution in [0.4, 0.5) is 11.4 Å². The van der Waals surface area contributed by atoms with Crippen LogP contribution in [0.25, 0.3) is 0 Å². The third-order valence-corrected chi connectivity index (χ3v) is 6.00. The van der Waals surface area contributed by atoms with Gasteiger partial charge in [-0.3, -0.25) is 14.5 Å². The third-order valence-electron chi connectivity index (χ3n) is 4.84. The van der Waals surface area contributed by atoms with Crippen LogP contribution in [0.2, 0.25) is 0 Å². The first kappa shape index (κ1) is 21.9. The molecular formula is C23H27N3O3S. The highest BCUT2D eigenvalue weighted by Gasteiger charge is 2.41. The molecule has 2 aromatic carbocycles. The van der Waals surface area contributed by atoms with Gasteiger partial charge in [-0.05, 0) is 37.6 Å². The van der Waals surface area contributed by atoms with Gasteiger partial charge in [0.15, 0.2) is 5.17 Å². The molecule has 1 aliphatic heterocycles. The molecule has 7 heteroatoms. The summed E-state index contributed by atoms with van der Waals surface area (Å²) >= 11 is 1.34. The Hall–Kier alpha value is -2.80. The van der Waals surface area contributed by atoms with E-state index in [2.05, 4.69) is 12.2 Å². The van der Waals surface area contributed by atoms with Crippen molar-refractivity contribution in [3.63, 3.8) is 0 Å². The number of aliphatic imine (C=N–C) groups is 1. The molecule has 6 nitrogen and oxygen atoms in total. The second kappa shape index (κ2) is 10.3. The normalized spacial score (nSPS) is 18.5. The molecule has 0 aromatic heterocycles. The minimum absolute atomic E-state index is 0.00522. The number of carbonyl (C=O) groups excluding carboxylic acids is 2. The number of anilines is 1. The summed E-state index contributed by atoms with van der Waals surface area (Å²) in [5.74, 6) is 0.387. The van der Waals surface area contributed by atoms with Crippen molar-refractivity contribution in [1.29, 1.82) is 0 Å². The molecule has 1 fully saturated rings. The second-order valence-electron chi connectivity index (χ2n) is 7.14. The van der Waals surface area contributed by atoms with Gasteiger partial charge >= 0.3 is 0 Å². The lowest BCUT2D eigenvalue weighted by molar-refractivity contribution is -0.129. The van der Waals surface area contributed by atoms with Crippen LogP contribution in [0.1, 0.15) is 33.1 Å². The van der Waals surface area contributed by atoms with E-state index in [1.54, 1.807) is 12.0 Å². The highest BCUT2D eigenvalue weighted by atomic mass is 32.2. The van der Waals surface area contributed by atoms with E-state index in [0.717, 1.165) is 18.5 Å². The summed E-state index contributed by atoms with van der Waals surface area (Å²) in [6, 6.07) is 16.7. The van der Waals surface area contributed by atoms with Gasteiger partial charge in [0.25, 0.3) is 0 Å². The Morgan fingerprint density at radius 1 is 1.20 bits per heavy atom. The number of ether oxygens (including phenoxy) is 1. The maximum Gasteiger partial charge on any atom is 0.242 e. The Labute approximate surface area is 181 Å². The highest BCUT2D eigenvalue weighted by molar-refractivity contribution is 8.15. The molecule has 1 N–H and O–H groups in total. The fourth-order valence-electron chi connectivity index (χ4n) is 3.37. The molecule has 0 saturated carbocycles. The molecule has 1 saturated heterocycles. The molecule has 158 valence electrons. The monoisotopic (exact) mass is 425 g/mol. The van der Waals surface area contributed by atoms with Crippen LogP contribution >= 0.6 is 11.8 Å². The standard InChI is InChI=1S/C23H27N3O3S/c1-4-10-16(2)26-22(28)20(15-21(27)24-17-11-6-5-7-12-17)30-23(26)25-18-13-8-9-14-19(18)29-3/h5-9,11-14,16,20H,4,10,15H2,1-3H3,(H,24,27). The van der Waals surface area contributed by atoms with E-state index in [1.807, 2.05) is 61.5 Å². The van der Waals surface area contributed by atoms with Gasteiger partial charge in [-0.15, -0.1) is 0 Å². The number of hydrogen-bond acceptors (Lipinski definition) is 5. The van der Waals surface area contributed by atoms with E-state index in [0.29, 0.717) is 16.6 Å². The number of thioether (sulfide) groups is 1. The van der Waals surface area contributed by atoms with Crippen LogP contribution in [0.5, 0.6) is 5.75 Å². The molecule has 1 aliphatic rings. The van der Waals surface area contributed by atoms with Crippen molar-refractivity contribution >= 4 is 40.1 Å². The molecule has 0 bridgehead atoms. The van der Waals surface area contributed by atoms with Gasteiger partial charge in [0.05, 0.1) is 7.11 Å². The van der Waals surface area contributed by atoms with E-state index >= 15 is 0 Å². The van der Waals surface area contributed by atoms with Gasteiger partial charge in [-0.1, -0.05) is 55.4 Å². The zero-order valence-corrected chi connectivity index (χ0v) is 18.3. The Morgan fingerprint density at radius 3 is 2.60 bits per heavy atom. The summed E-state index contributed by atoms with van der Waals surface area (Å²) < 4.78 is 5.40. The molecule has 0 spiro atoms. The summed E-state index contributed by atoms with van der Waals surface area (Å²) in [7, 11) is 1.60. The van der Waals surface area contributed by atoms with Crippen LogP contribution in [0.3, 0.4) is 0 Å². The summed E-state index contributed by atoms with van der Waals surface area (Å²) in [6.07, 6.45) is 1.91. The van der Waals surface area contributed by atoms with E-state index in [-0.39, 0.29) is 24.3 Å². The smallest absolute Gasteiger partial charge is 0.242 e. The molecule has 2 unspecified atom stereocenters. The number of amides is 2. The number of rotatable bonds is 8. The molecule has 0 aliphatic carbocycles. The van der Waals surface area contributed by atoms with Crippen LogP contribution in [0, 0.1) is 0 Å². The van der Waals surface area contributed by atoms with Crippen molar-refractivity contribution < 1.29 is 14.3 Å². The molecule has 2 amide bonds. The molecule has 0 radical (unpaired) electrons. The lowest BCUT2D eigenvalue weighted by Crippen LogP contribution is -2.40. The molecule has 2 atom stereocenters. The Kier molecular flexibility index (Phi) is 7.52. The number of hydrogen-bond donors (Lipinski definition) is 1. The quantitative estimate of drug-likeness (QED) is 0.657. The summed E-state index contributed by atoms with van der Waals surface area (Å²) in [6.45, 7) is 4.11. The minimum Gasteiger partial charge on any atom is -0.494 e. The van der Waals surface area contributed by atoms with Crippen molar-refractivity contribution in [3.8, 4) is 5.75 Å². The van der Waals surface area contributed by atoms with Gasteiger partial charge < -0.3 is 10.1 Å². The fraction of sp³-hybridized carbons (Fsp3) is 0.348. The lowest BCUT2D eigenvalue weighted by atomic mass is 10.1. The summed E-state index contributed by atoms with van der Waals surface area (Å²) in [5, 5.41) is 2.97. The number of methoxy groups -OCH3 is 1. The highest BCUT2D eigenvalue weighted by Crippen LogP contribution is 2.36. The number of para-hydroxylation sites is 3. The Balaban J connectivity index is 1.82. The average Bonchev–Trinajstić information content (AvgIpc) is 3.04. The largest absolute Gasteiger partial charge is 0.494 e. The molecule has 30 heavy (non-hydrogen) atoms. The predicted molar refractivity (Wildman–Crippen MR) is 122 cm³/mol. The van der Waals surface area contributed by atoms with Crippen LogP contribution < -0.4 is 10.1 Å². The van der Waals surface area contributed by atoms with Crippen molar-refractivity contribution in [2.75, 3.05) is 12.4 Å². The number of amidine groups is 1. The number of carbonyl (C=O) groups is 2. The summed E-state index contributed by atoms with van der Waals surface area (Å²) in [4.78, 5) is 32.2. The van der Waals surface area contributed by atoms with Gasteiger partial charge in [-0.25, -0.2) is 4.99 Å². The number of nitrogens with zero attached hydrogens (tertiary/aromatic N) is 2. The molecule has 1 heterocycles. The third kappa shape index (κ3) is 5.21. The Morgan fingerprint density at radius 2 is 1.90 bits per heavy atom. The first-order valence-corrected chi connectivity index (χ1v) is 11.0. The Bertz CT molecular complexity index is 917. The maximum atomic E-state index is 13.2. The van der Waals surface area contributed by atoms with Gasteiger partial charge in [0.2, 0.25) is 11.8 Å². The lowest BCUT2D eigenvalue weighted by Gasteiger charge is -2.24. The van der Waals surface area contributed by atoms with E-state index in [9.17, 15) is 9.59 Å². The molecule has 3 rings (SSSR count). The predicted octanol–water partition coefficient (Wildman–Crippen LogP) is 4.84. The minimum atomic E-state index is -0.499. The van der Waals surface area contributed by atoms with Crippen molar-refractivity contribution in [2.45, 2.75) is 44.4 Å². The van der Waals surface area contributed by atoms with Crippen molar-refractivity contribution in [3.05, 3.63) is 54.6 Å². The number of benzene rings is 2. The number of nitrogens with one attached hydrogen (secondary N) is 1. The van der Waals surface area contributed by atoms with Crippen LogP contribution in [0.15, 0.2) is 59.6 Å². The van der Waals surface area contributed by atoms with Crippen LogP contribution in [-0.4, -0.2) is 40.3 Å².